The Morgan fingerprint density at radius 1 is 1.00 bits per heavy atom. The topological polar surface area (TPSA) is 75.3 Å². The Kier molecular flexibility index (Phi) is 6.20. The van der Waals surface area contributed by atoms with Crippen LogP contribution in [0, 0.1) is 12.7 Å². The number of amides is 1. The zero-order chi connectivity index (χ0) is 21.0. The molecule has 2 N–H and O–H groups in total. The van der Waals surface area contributed by atoms with E-state index in [4.69, 9.17) is 11.6 Å². The molecule has 150 valence electrons. The fourth-order valence-electron chi connectivity index (χ4n) is 2.64. The Hall–Kier alpha value is -2.90. The highest BCUT2D eigenvalue weighted by Crippen LogP contribution is 2.23. The molecule has 0 fully saturated rings. The number of hydrogen-bond donors (Lipinski definition) is 2. The average molecular weight is 433 g/mol. The van der Waals surface area contributed by atoms with E-state index in [0.29, 0.717) is 22.0 Å². The van der Waals surface area contributed by atoms with E-state index in [1.54, 1.807) is 42.5 Å². The molecule has 3 aromatic carbocycles. The van der Waals surface area contributed by atoms with Crippen molar-refractivity contribution in [2.45, 2.75) is 18.2 Å². The van der Waals surface area contributed by atoms with Gasteiger partial charge in [0.15, 0.2) is 0 Å². The van der Waals surface area contributed by atoms with Crippen LogP contribution >= 0.6 is 11.6 Å². The van der Waals surface area contributed by atoms with Crippen LogP contribution in [-0.4, -0.2) is 14.3 Å². The van der Waals surface area contributed by atoms with Gasteiger partial charge in [0.1, 0.15) is 5.82 Å². The Morgan fingerprint density at radius 2 is 1.66 bits per heavy atom. The summed E-state index contributed by atoms with van der Waals surface area (Å²) in [5.41, 5.74) is 2.48. The van der Waals surface area contributed by atoms with Crippen LogP contribution in [0.15, 0.2) is 71.6 Å². The molecule has 0 atom stereocenters. The zero-order valence-electron chi connectivity index (χ0n) is 15.4. The Morgan fingerprint density at radius 3 is 2.31 bits per heavy atom. The second-order valence-electron chi connectivity index (χ2n) is 6.39. The fourth-order valence-corrected chi connectivity index (χ4v) is 3.87. The third kappa shape index (κ3) is 5.34. The Balaban J connectivity index is 1.64. The maximum atomic E-state index is 13.0. The highest BCUT2D eigenvalue weighted by molar-refractivity contribution is 7.92. The van der Waals surface area contributed by atoms with Crippen molar-refractivity contribution in [1.82, 2.24) is 0 Å². The lowest BCUT2D eigenvalue weighted by Gasteiger charge is -2.11. The van der Waals surface area contributed by atoms with Gasteiger partial charge in [0, 0.05) is 16.4 Å². The normalized spacial score (nSPS) is 11.1. The van der Waals surface area contributed by atoms with Gasteiger partial charge < -0.3 is 5.32 Å². The molecule has 0 aliphatic carbocycles. The molecule has 0 spiro atoms. The lowest BCUT2D eigenvalue weighted by molar-refractivity contribution is -0.115. The molecule has 29 heavy (non-hydrogen) atoms. The minimum absolute atomic E-state index is 0.0424. The number of hydrogen-bond acceptors (Lipinski definition) is 3. The Labute approximate surface area is 173 Å². The van der Waals surface area contributed by atoms with Crippen molar-refractivity contribution in [3.8, 4) is 0 Å². The van der Waals surface area contributed by atoms with Gasteiger partial charge in [-0.1, -0.05) is 29.8 Å². The third-order valence-electron chi connectivity index (χ3n) is 4.24. The number of sulfonamides is 1. The van der Waals surface area contributed by atoms with Gasteiger partial charge >= 0.3 is 0 Å². The van der Waals surface area contributed by atoms with Crippen molar-refractivity contribution in [2.24, 2.45) is 0 Å². The Bertz CT molecular complexity index is 1130. The SMILES string of the molecule is Cc1c(Cl)cccc1NC(=O)Cc1ccc(NS(=O)(=O)c2ccc(F)cc2)cc1. The summed E-state index contributed by atoms with van der Waals surface area (Å²) in [5.74, 6) is -0.727. The smallest absolute Gasteiger partial charge is 0.261 e. The number of anilines is 2. The first-order chi connectivity index (χ1) is 13.7. The van der Waals surface area contributed by atoms with Gasteiger partial charge in [0.2, 0.25) is 5.91 Å². The van der Waals surface area contributed by atoms with E-state index in [9.17, 15) is 17.6 Å². The van der Waals surface area contributed by atoms with E-state index >= 15 is 0 Å². The molecule has 1 amide bonds. The maximum Gasteiger partial charge on any atom is 0.261 e. The largest absolute Gasteiger partial charge is 0.326 e. The van der Waals surface area contributed by atoms with Crippen molar-refractivity contribution < 1.29 is 17.6 Å². The van der Waals surface area contributed by atoms with Crippen LogP contribution in [0.4, 0.5) is 15.8 Å². The van der Waals surface area contributed by atoms with Crippen LogP contribution in [0.3, 0.4) is 0 Å². The first kappa shape index (κ1) is 20.8. The van der Waals surface area contributed by atoms with E-state index in [-0.39, 0.29) is 17.2 Å². The van der Waals surface area contributed by atoms with E-state index in [1.807, 2.05) is 6.92 Å². The number of carbonyl (C=O) groups is 1. The van der Waals surface area contributed by atoms with Crippen molar-refractivity contribution in [3.63, 3.8) is 0 Å². The van der Waals surface area contributed by atoms with Gasteiger partial charge in [0.25, 0.3) is 10.0 Å². The summed E-state index contributed by atoms with van der Waals surface area (Å²) in [5, 5.41) is 3.38. The summed E-state index contributed by atoms with van der Waals surface area (Å²) in [4.78, 5) is 12.2. The lowest BCUT2D eigenvalue weighted by Crippen LogP contribution is -2.15. The summed E-state index contributed by atoms with van der Waals surface area (Å²) in [6.07, 6.45) is 0.122. The van der Waals surface area contributed by atoms with E-state index in [2.05, 4.69) is 10.0 Å². The molecule has 3 rings (SSSR count). The average Bonchev–Trinajstić information content (AvgIpc) is 2.67. The molecule has 0 saturated carbocycles. The second kappa shape index (κ2) is 8.63. The summed E-state index contributed by atoms with van der Waals surface area (Å²) in [6.45, 7) is 1.82. The van der Waals surface area contributed by atoms with Crippen molar-refractivity contribution in [1.29, 1.82) is 0 Å². The third-order valence-corrected chi connectivity index (χ3v) is 6.04. The molecule has 0 heterocycles. The molecular weight excluding hydrogens is 415 g/mol. The van der Waals surface area contributed by atoms with E-state index in [0.717, 1.165) is 17.7 Å². The maximum absolute atomic E-state index is 13.0. The number of halogens is 2. The van der Waals surface area contributed by atoms with Gasteiger partial charge in [-0.25, -0.2) is 12.8 Å². The van der Waals surface area contributed by atoms with Gasteiger partial charge in [-0.3, -0.25) is 9.52 Å². The molecule has 0 radical (unpaired) electrons. The van der Waals surface area contributed by atoms with Crippen molar-refractivity contribution >= 4 is 38.9 Å². The minimum Gasteiger partial charge on any atom is -0.326 e. The van der Waals surface area contributed by atoms with Crippen molar-refractivity contribution in [2.75, 3.05) is 10.0 Å². The van der Waals surface area contributed by atoms with Crippen LogP contribution in [-0.2, 0) is 21.2 Å². The lowest BCUT2D eigenvalue weighted by atomic mass is 10.1. The predicted molar refractivity (Wildman–Crippen MR) is 112 cm³/mol. The van der Waals surface area contributed by atoms with Crippen LogP contribution in [0.25, 0.3) is 0 Å². The summed E-state index contributed by atoms with van der Waals surface area (Å²) >= 11 is 6.05. The number of carbonyl (C=O) groups excluding carboxylic acids is 1. The van der Waals surface area contributed by atoms with Crippen molar-refractivity contribution in [3.05, 3.63) is 88.7 Å². The molecule has 0 aliphatic rings. The van der Waals surface area contributed by atoms with E-state index in [1.165, 1.54) is 12.1 Å². The summed E-state index contributed by atoms with van der Waals surface area (Å²) < 4.78 is 40.1. The summed E-state index contributed by atoms with van der Waals surface area (Å²) in [6, 6.07) is 16.3. The monoisotopic (exact) mass is 432 g/mol. The van der Waals surface area contributed by atoms with Crippen LogP contribution in [0.5, 0.6) is 0 Å². The highest BCUT2D eigenvalue weighted by atomic mass is 35.5. The second-order valence-corrected chi connectivity index (χ2v) is 8.48. The van der Waals surface area contributed by atoms with Gasteiger partial charge in [-0.2, -0.15) is 0 Å². The molecule has 0 aliphatic heterocycles. The van der Waals surface area contributed by atoms with Gasteiger partial charge in [-0.15, -0.1) is 0 Å². The molecule has 0 unspecified atom stereocenters. The summed E-state index contributed by atoms with van der Waals surface area (Å²) in [7, 11) is -3.82. The highest BCUT2D eigenvalue weighted by Gasteiger charge is 2.14. The number of nitrogens with one attached hydrogen (secondary N) is 2. The zero-order valence-corrected chi connectivity index (χ0v) is 17.0. The predicted octanol–water partition coefficient (Wildman–Crippen LogP) is 4.77. The first-order valence-electron chi connectivity index (χ1n) is 8.67. The first-order valence-corrected chi connectivity index (χ1v) is 10.5. The molecule has 0 saturated heterocycles. The van der Waals surface area contributed by atoms with Gasteiger partial charge in [0.05, 0.1) is 11.3 Å². The van der Waals surface area contributed by atoms with Gasteiger partial charge in [-0.05, 0) is 66.6 Å². The standard InChI is InChI=1S/C21H18ClFN2O3S/c1-14-19(22)3-2-4-20(14)24-21(26)13-15-5-9-17(10-6-15)25-29(27,28)18-11-7-16(23)8-12-18/h2-12,25H,13H2,1H3,(H,24,26). The molecule has 5 nitrogen and oxygen atoms in total. The molecule has 3 aromatic rings. The van der Waals surface area contributed by atoms with E-state index < -0.39 is 15.8 Å². The molecule has 0 bridgehead atoms. The molecular formula is C21H18ClFN2O3S. The van der Waals surface area contributed by atoms with Crippen LogP contribution in [0.2, 0.25) is 5.02 Å². The quantitative estimate of drug-likeness (QED) is 0.589. The molecule has 8 heteroatoms. The number of benzene rings is 3. The minimum atomic E-state index is -3.82. The van der Waals surface area contributed by atoms with Crippen LogP contribution < -0.4 is 10.0 Å². The fraction of sp³-hybridized carbons (Fsp3) is 0.0952. The van der Waals surface area contributed by atoms with Crippen LogP contribution in [0.1, 0.15) is 11.1 Å². The number of rotatable bonds is 6. The molecule has 0 aromatic heterocycles.